The molecule has 9 fully saturated rings. The molecule has 15 N–H and O–H groups in total. The zero-order chi connectivity index (χ0) is 70.6. The minimum atomic E-state index is -5.22. The summed E-state index contributed by atoms with van der Waals surface area (Å²) < 4.78 is 146. The fourth-order valence-electron chi connectivity index (χ4n) is 17.8. The van der Waals surface area contributed by atoms with E-state index in [2.05, 4.69) is 28.8 Å². The summed E-state index contributed by atoms with van der Waals surface area (Å²) in [4.78, 5) is 14.6. The van der Waals surface area contributed by atoms with E-state index in [1.807, 2.05) is 26.8 Å². The zero-order valence-corrected chi connectivity index (χ0v) is 56.0. The van der Waals surface area contributed by atoms with E-state index in [0.717, 1.165) is 12.7 Å². The fourth-order valence-corrected chi connectivity index (χ4v) is 18.4. The molecule has 34 atom stereocenters. The van der Waals surface area contributed by atoms with Gasteiger partial charge < -0.3 is 123 Å². The molecular weight excluding hydrogens is 1330 g/mol. The monoisotopic (exact) mass is 1420 g/mol. The lowest BCUT2D eigenvalue weighted by Gasteiger charge is -2.64. The highest BCUT2D eigenvalue weighted by atomic mass is 32.3. The van der Waals surface area contributed by atoms with Gasteiger partial charge >= 0.3 is 26.8 Å². The smallest absolute Gasteiger partial charge is 0.397 e. The second-order valence-corrected chi connectivity index (χ2v) is 31.0. The normalized spacial score (nSPS) is 49.9. The molecule has 3 saturated carbocycles. The highest BCUT2D eigenvalue weighted by Gasteiger charge is 2.79. The van der Waals surface area contributed by atoms with Crippen LogP contribution in [-0.4, -0.2) is 303 Å². The molecule has 6 heterocycles. The molecular formula is C60H96O34S2. The summed E-state index contributed by atoms with van der Waals surface area (Å²) in [5, 5.41) is 147. The first-order valence-corrected chi connectivity index (χ1v) is 35.1. The number of ether oxygens (including phenoxy) is 12. The van der Waals surface area contributed by atoms with E-state index in [0.29, 0.717) is 56.9 Å². The van der Waals surface area contributed by atoms with Crippen LogP contribution in [0, 0.1) is 39.4 Å². The Hall–Kier alpha value is -2.27. The minimum Gasteiger partial charge on any atom is -0.459 e. The van der Waals surface area contributed by atoms with Crippen LogP contribution in [0.1, 0.15) is 99.8 Å². The van der Waals surface area contributed by atoms with Gasteiger partial charge in [0.25, 0.3) is 0 Å². The van der Waals surface area contributed by atoms with Crippen molar-refractivity contribution in [2.75, 3.05) is 33.5 Å². The molecule has 1 spiro atoms. The maximum atomic E-state index is 14.6. The van der Waals surface area contributed by atoms with E-state index in [-0.39, 0.29) is 17.8 Å². The lowest BCUT2D eigenvalue weighted by atomic mass is 9.40. The Balaban J connectivity index is 0.893. The van der Waals surface area contributed by atoms with Gasteiger partial charge in [-0.25, -0.2) is 8.37 Å². The Bertz CT molecular complexity index is 3020. The van der Waals surface area contributed by atoms with Gasteiger partial charge in [0.1, 0.15) is 121 Å². The Morgan fingerprint density at radius 1 is 0.625 bits per heavy atom. The molecule has 0 bridgehead atoms. The molecule has 4 aliphatic carbocycles. The number of cyclic esters (lactones) is 1. The van der Waals surface area contributed by atoms with Gasteiger partial charge in [0.05, 0.1) is 50.8 Å². The molecule has 0 aromatic carbocycles. The van der Waals surface area contributed by atoms with Crippen molar-refractivity contribution in [1.29, 1.82) is 0 Å². The number of allylic oxidation sites excluding steroid dienone is 1. The first-order chi connectivity index (χ1) is 44.7. The van der Waals surface area contributed by atoms with Gasteiger partial charge in [-0.1, -0.05) is 51.5 Å². The van der Waals surface area contributed by atoms with Crippen LogP contribution in [0.25, 0.3) is 0 Å². The molecule has 0 radical (unpaired) electrons. The van der Waals surface area contributed by atoms with Crippen molar-refractivity contribution in [1.82, 2.24) is 0 Å². The van der Waals surface area contributed by atoms with Gasteiger partial charge in [0, 0.05) is 13.0 Å². The van der Waals surface area contributed by atoms with Gasteiger partial charge in [-0.05, 0) is 100 Å². The number of methoxy groups -OCH3 is 1. The summed E-state index contributed by atoms with van der Waals surface area (Å²) in [5.41, 5.74) is -2.62. The molecule has 6 aliphatic heterocycles. The number of aliphatic hydroxyl groups is 13. The summed E-state index contributed by atoms with van der Waals surface area (Å²) >= 11 is 0. The molecule has 96 heavy (non-hydrogen) atoms. The summed E-state index contributed by atoms with van der Waals surface area (Å²) in [6, 6.07) is 0. The second-order valence-electron chi connectivity index (χ2n) is 28.9. The van der Waals surface area contributed by atoms with Gasteiger partial charge in [-0.3, -0.25) is 13.9 Å². The molecule has 34 nitrogen and oxygen atoms in total. The SMILES string of the molecule is C=C(C)[C@H](O)CC[C@]1(C)OC(=O)[C@]23[C@@H](O)C=C4[C@@H](CC[C@H]5C(C)(C)[C@@H](O[C@@H]6OC[C@@H](O[C@@H]7O[C@H](COS(=O)(=O)O)[C@@H](O)[C@H](O)[C@H]7O)[C@H](O)[C@H]6O[C@@H]6O[C@H](C)[C@@H](O[C@@H]7O[C@H](COS(=O)(=O)O)[C@@H](O)[C@H](O[C@@H]8O[C@H](CO)[C@@H](O)[C@H](OC)[C@H]8O)[C@H]7O)[C@H](O)[C@H]6O)CC[C@]45C)[C@]2(C)CC[C@@H]31. The van der Waals surface area contributed by atoms with Gasteiger partial charge in [0.15, 0.2) is 31.5 Å². The predicted octanol–water partition coefficient (Wildman–Crippen LogP) is -3.97. The van der Waals surface area contributed by atoms with Crippen molar-refractivity contribution in [3.8, 4) is 0 Å². The quantitative estimate of drug-likeness (QED) is 0.0213. The predicted molar refractivity (Wildman–Crippen MR) is 317 cm³/mol. The third kappa shape index (κ3) is 13.8. The fraction of sp³-hybridized carbons (Fsp3) is 0.917. The largest absolute Gasteiger partial charge is 0.459 e. The third-order valence-electron chi connectivity index (χ3n) is 22.9. The summed E-state index contributed by atoms with van der Waals surface area (Å²) in [7, 11) is -9.23. The molecule has 36 heteroatoms. The number of carbonyl (C=O) groups excluding carboxylic acids is 1. The van der Waals surface area contributed by atoms with Crippen LogP contribution in [-0.2, 0) is 90.8 Å². The van der Waals surface area contributed by atoms with Crippen LogP contribution >= 0.6 is 0 Å². The number of rotatable bonds is 22. The van der Waals surface area contributed by atoms with E-state index in [1.165, 1.54) is 6.92 Å². The van der Waals surface area contributed by atoms with Crippen molar-refractivity contribution in [2.45, 2.75) is 271 Å². The van der Waals surface area contributed by atoms with Gasteiger partial charge in [-0.15, -0.1) is 0 Å². The molecule has 0 aromatic rings. The minimum absolute atomic E-state index is 0.128. The zero-order valence-electron chi connectivity index (χ0n) is 54.4. The lowest BCUT2D eigenvalue weighted by molar-refractivity contribution is -0.394. The van der Waals surface area contributed by atoms with Crippen molar-refractivity contribution >= 4 is 26.8 Å². The van der Waals surface area contributed by atoms with Crippen molar-refractivity contribution in [2.24, 2.45) is 39.4 Å². The average molecular weight is 1430 g/mol. The van der Waals surface area contributed by atoms with Gasteiger partial charge in [-0.2, -0.15) is 16.8 Å². The van der Waals surface area contributed by atoms with Crippen LogP contribution in [0.3, 0.4) is 0 Å². The number of aliphatic hydroxyl groups excluding tert-OH is 13. The van der Waals surface area contributed by atoms with E-state index in [9.17, 15) is 97.1 Å². The van der Waals surface area contributed by atoms with Crippen LogP contribution in [0.2, 0.25) is 0 Å². The number of hydrogen-bond acceptors (Lipinski definition) is 32. The maximum absolute atomic E-state index is 14.6. The molecule has 0 aromatic heterocycles. The Labute approximate surface area is 555 Å². The Morgan fingerprint density at radius 2 is 1.18 bits per heavy atom. The average Bonchev–Trinajstić information content (AvgIpc) is 1.46. The van der Waals surface area contributed by atoms with Crippen LogP contribution in [0.5, 0.6) is 0 Å². The Kier molecular flexibility index (Phi) is 22.6. The number of carbonyl (C=O) groups is 1. The summed E-state index contributed by atoms with van der Waals surface area (Å²) in [6.45, 7) is 13.4. The van der Waals surface area contributed by atoms with E-state index >= 15 is 0 Å². The van der Waals surface area contributed by atoms with Crippen LogP contribution < -0.4 is 0 Å². The molecule has 552 valence electrons. The second kappa shape index (κ2) is 28.4. The molecule has 6 saturated heterocycles. The summed E-state index contributed by atoms with van der Waals surface area (Å²) in [5.74, 6) is -1.07. The third-order valence-corrected chi connectivity index (χ3v) is 23.8. The first-order valence-electron chi connectivity index (χ1n) is 32.3. The Morgan fingerprint density at radius 3 is 1.78 bits per heavy atom. The molecule has 10 rings (SSSR count). The maximum Gasteiger partial charge on any atom is 0.397 e. The van der Waals surface area contributed by atoms with Crippen LogP contribution in [0.4, 0.5) is 0 Å². The molecule has 10 aliphatic rings. The first kappa shape index (κ1) is 76.4. The van der Waals surface area contributed by atoms with E-state index in [4.69, 9.17) is 56.8 Å². The number of esters is 1. The van der Waals surface area contributed by atoms with E-state index in [1.54, 1.807) is 6.92 Å². The highest BCUT2D eigenvalue weighted by molar-refractivity contribution is 7.81. The standard InChI is InChI=1S/C60H96O34S2/c1-23(2)27(62)12-17-59(8)33-13-16-58(7)25-10-11-32-56(4,5)35(14-15-57(32,6)26(25)18-34(63)60(33,58)55(74)94-59)90-54-49(39(67)29(20-82-54)87-51-42(70)40(68)36(64)30(88-51)21-83-95(75,76)77)93-50-43(71)41(69)46(24(3)85-50)91-53-45(73)48(38(66)31(89-53)22-84-96(78,79)80)92-52-44(72)47(81-9)37(65)28(19-61)86-52/h18,24-25,27-54,61-73H,1,10-17,19-22H2,2-9H3,(H,75,76,77)(H,78,79,80)/t24-,25-,27-,28-,29-,30-,31-,32+,33-,34+,35+,36-,37-,38-,39+,40+,41-,42-,43-,44-,45-,46-,47+,48+,49-,50+,51-,52+,53+,54+,57-,58+,59+,60+/m1/s1. The van der Waals surface area contributed by atoms with Crippen molar-refractivity contribution in [3.63, 3.8) is 0 Å². The lowest BCUT2D eigenvalue weighted by Crippen LogP contribution is -2.67. The topological polar surface area (TPSA) is 518 Å². The molecule has 0 amide bonds. The van der Waals surface area contributed by atoms with Crippen molar-refractivity contribution in [3.05, 3.63) is 23.8 Å². The number of hydrogen-bond donors (Lipinski definition) is 15. The van der Waals surface area contributed by atoms with Crippen LogP contribution in [0.15, 0.2) is 23.8 Å². The van der Waals surface area contributed by atoms with Gasteiger partial charge in [0.2, 0.25) is 0 Å². The molecule has 0 unspecified atom stereocenters. The number of fused-ring (bicyclic) bond motifs is 4. The van der Waals surface area contributed by atoms with E-state index < -0.39 is 246 Å². The highest BCUT2D eigenvalue weighted by Crippen LogP contribution is 2.76. The summed E-state index contributed by atoms with van der Waals surface area (Å²) in [6.07, 6.45) is -41.8. The van der Waals surface area contributed by atoms with Crippen molar-refractivity contribution < 1.29 is 162 Å².